The molecule has 11 N–H and O–H groups in total. The summed E-state index contributed by atoms with van der Waals surface area (Å²) in [5.74, 6) is 16.0. The van der Waals surface area contributed by atoms with E-state index in [0.717, 1.165) is 119 Å². The number of hydrazine groups is 2. The maximum atomic E-state index is 12.3. The van der Waals surface area contributed by atoms with Crippen LogP contribution < -0.4 is 68.4 Å². The molecular weight excluding hydrogens is 1360 g/mol. The fourth-order valence-electron chi connectivity index (χ4n) is 12.5. The number of carbonyl (C=O) groups excluding carboxylic acids is 6. The summed E-state index contributed by atoms with van der Waals surface area (Å²) in [6, 6.07) is 53.6. The van der Waals surface area contributed by atoms with E-state index in [1.165, 1.54) is 67.4 Å². The number of halogens is 1. The minimum absolute atomic E-state index is 0. The summed E-state index contributed by atoms with van der Waals surface area (Å²) >= 11 is 5.06. The summed E-state index contributed by atoms with van der Waals surface area (Å²) in [4.78, 5) is 73.2. The molecule has 23 heteroatoms. The number of carbonyl (C=O) groups is 6. The second-order valence-corrected chi connectivity index (χ2v) is 25.9. The largest absolute Gasteiger partial charge is 1.00 e. The molecule has 0 spiro atoms. The number of aldehydes is 1. The van der Waals surface area contributed by atoms with Crippen molar-refractivity contribution in [1.29, 1.82) is 0 Å². The van der Waals surface area contributed by atoms with Gasteiger partial charge in [0.1, 0.15) is 17.4 Å². The number of esters is 2. The number of likely N-dealkylation sites (tertiary alicyclic amines) is 3. The van der Waals surface area contributed by atoms with E-state index in [1.807, 2.05) is 25.1 Å². The fraction of sp³-hybridized carbons (Fsp3) is 0.439. The molecule has 4 heterocycles. The van der Waals surface area contributed by atoms with Crippen LogP contribution in [0.25, 0.3) is 0 Å². The minimum Gasteiger partial charge on any atom is -0.662 e. The number of rotatable bonds is 26. The first-order valence-corrected chi connectivity index (χ1v) is 36.7. The summed E-state index contributed by atoms with van der Waals surface area (Å²) in [5, 5.41) is 34.6. The van der Waals surface area contributed by atoms with Gasteiger partial charge >= 0.3 is 41.5 Å². The van der Waals surface area contributed by atoms with Crippen LogP contribution in [0, 0.1) is 23.7 Å². The van der Waals surface area contributed by atoms with E-state index in [0.29, 0.717) is 82.2 Å². The van der Waals surface area contributed by atoms with Crippen LogP contribution in [0.4, 0.5) is 0 Å². The van der Waals surface area contributed by atoms with Gasteiger partial charge in [0.2, 0.25) is 11.8 Å². The summed E-state index contributed by atoms with van der Waals surface area (Å²) in [5.41, 5.74) is 10.7. The Hall–Kier alpha value is -7.61. The van der Waals surface area contributed by atoms with Crippen molar-refractivity contribution in [2.24, 2.45) is 41.2 Å². The third-order valence-electron chi connectivity index (χ3n) is 18.0. The molecule has 0 saturated carbocycles. The number of nitrogens with zero attached hydrogens (tertiary/aromatic N) is 3. The first kappa shape index (κ1) is 93.5. The number of benzene rings is 6. The molecule has 568 valence electrons. The average Bonchev–Trinajstić information content (AvgIpc) is 0.909. The summed E-state index contributed by atoms with van der Waals surface area (Å²) in [6.07, 6.45) is 20.3. The average molecular weight is 1480 g/mol. The number of nitrogens with two attached hydrogens (primary N) is 3. The number of hydrogen-bond acceptors (Lipinski definition) is 19. The molecule has 2 amide bonds. The zero-order chi connectivity index (χ0) is 75.8. The molecule has 105 heavy (non-hydrogen) atoms. The molecule has 4 fully saturated rings. The Bertz CT molecular complexity index is 3290. The zero-order valence-corrected chi connectivity index (χ0v) is 64.9. The molecule has 0 atom stereocenters. The Kier molecular flexibility index (Phi) is 53.0. The van der Waals surface area contributed by atoms with Crippen molar-refractivity contribution >= 4 is 48.1 Å². The molecule has 0 radical (unpaired) electrons. The first-order valence-electron chi connectivity index (χ1n) is 36.2. The monoisotopic (exact) mass is 1480 g/mol. The number of hydrogen-bond donors (Lipinski definition) is 8. The SMILES string of the molecule is C=CCc1cccc(C=O)c1O.C=CCc1cccc(CCNC(=O)CN2CCC(Cc3ccccc3)CC2)c1O.CCOC(=O)CCl.CCOC(=O)CN1CCC(Cc2ccccc2)CC1.NN.NNC(=O)CN1CCC(Cc2ccccc2)CC1.O=CO[O-].[Na+].c1ccc(CC2CCNCC2)cc1. The zero-order valence-electron chi connectivity index (χ0n) is 62.2. The topological polar surface area (TPSA) is 318 Å². The van der Waals surface area contributed by atoms with Crippen molar-refractivity contribution in [3.8, 4) is 11.5 Å². The van der Waals surface area contributed by atoms with Gasteiger partial charge in [-0.25, -0.2) is 5.84 Å². The maximum Gasteiger partial charge on any atom is 1.00 e. The molecule has 10 rings (SSSR count). The normalized spacial score (nSPS) is 14.5. The van der Waals surface area contributed by atoms with Crippen LogP contribution in [0.15, 0.2) is 183 Å². The molecule has 6 aromatic rings. The molecule has 6 aromatic carbocycles. The number of phenols is 2. The molecule has 0 aromatic heterocycles. The van der Waals surface area contributed by atoms with Crippen LogP contribution in [-0.4, -0.2) is 159 Å². The van der Waals surface area contributed by atoms with E-state index in [4.69, 9.17) is 32.2 Å². The number of amides is 2. The smallest absolute Gasteiger partial charge is 0.662 e. The van der Waals surface area contributed by atoms with Gasteiger partial charge in [0.15, 0.2) is 6.29 Å². The van der Waals surface area contributed by atoms with Crippen LogP contribution in [0.1, 0.15) is 115 Å². The molecule has 4 aliphatic heterocycles. The third kappa shape index (κ3) is 41.8. The van der Waals surface area contributed by atoms with E-state index in [-0.39, 0.29) is 71.4 Å². The second kappa shape index (κ2) is 59.5. The molecule has 0 aliphatic carbocycles. The Balaban J connectivity index is 0.000000438. The van der Waals surface area contributed by atoms with Crippen LogP contribution in [0.2, 0.25) is 0 Å². The molecule has 4 aliphatic rings. The van der Waals surface area contributed by atoms with E-state index in [1.54, 1.807) is 37.3 Å². The molecule has 21 nitrogen and oxygen atoms in total. The third-order valence-corrected chi connectivity index (χ3v) is 18.2. The number of phenolic OH excluding ortho intramolecular Hbond substituents is 2. The Morgan fingerprint density at radius 2 is 0.886 bits per heavy atom. The van der Waals surface area contributed by atoms with Crippen molar-refractivity contribution in [3.63, 3.8) is 0 Å². The number of para-hydroxylation sites is 2. The van der Waals surface area contributed by atoms with Crippen LogP contribution in [-0.2, 0) is 83.3 Å². The van der Waals surface area contributed by atoms with Crippen molar-refractivity contribution in [2.75, 3.05) is 97.6 Å². The first-order chi connectivity index (χ1) is 50.7. The van der Waals surface area contributed by atoms with Crippen LogP contribution >= 0.6 is 11.6 Å². The Morgan fingerprint density at radius 3 is 1.24 bits per heavy atom. The number of allylic oxidation sites excluding steroid dienone is 2. The van der Waals surface area contributed by atoms with Gasteiger partial charge in [-0.05, 0) is 231 Å². The number of alkyl halides is 1. The summed E-state index contributed by atoms with van der Waals surface area (Å²) in [7, 11) is 0. The van der Waals surface area contributed by atoms with E-state index >= 15 is 0 Å². The number of nitrogens with one attached hydrogen (secondary N) is 3. The van der Waals surface area contributed by atoms with Gasteiger partial charge in [-0.2, -0.15) is 0 Å². The minimum atomic E-state index is -0.357. The maximum absolute atomic E-state index is 12.3. The Labute approximate surface area is 650 Å². The van der Waals surface area contributed by atoms with Gasteiger partial charge in [-0.15, -0.1) is 24.8 Å². The quantitative estimate of drug-likeness (QED) is 0.00336. The number of piperidine rings is 4. The van der Waals surface area contributed by atoms with Gasteiger partial charge in [-0.3, -0.25) is 60.6 Å². The molecule has 0 unspecified atom stereocenters. The van der Waals surface area contributed by atoms with Gasteiger partial charge in [0.25, 0.3) is 6.47 Å². The van der Waals surface area contributed by atoms with Crippen molar-refractivity contribution in [1.82, 2.24) is 30.8 Å². The van der Waals surface area contributed by atoms with Crippen LogP contribution in [0.3, 0.4) is 0 Å². The Morgan fingerprint density at radius 1 is 0.533 bits per heavy atom. The van der Waals surface area contributed by atoms with Crippen molar-refractivity contribution in [2.45, 2.75) is 110 Å². The summed E-state index contributed by atoms with van der Waals surface area (Å²) < 4.78 is 9.41. The van der Waals surface area contributed by atoms with E-state index < -0.39 is 0 Å². The van der Waals surface area contributed by atoms with Gasteiger partial charge < -0.3 is 40.5 Å². The predicted molar refractivity (Wildman–Crippen MR) is 412 cm³/mol. The van der Waals surface area contributed by atoms with Gasteiger partial charge in [0, 0.05) is 6.54 Å². The standard InChI is InChI=1S/C25H32N2O2.C16H23NO2.C14H21N3O.C12H17N.C10H10O2.C4H7ClO2.CH2O3.H4N2.Na/c1-2-7-22-10-6-11-23(25(22)29)12-15-26-24(28)19-27-16-13-21(14-17-27)18-20-8-4-3-5-9-20;1-2-19-16(18)13-17-10-8-15(9-11-17)12-14-6-4-3-5-7-14;15-16-14(18)11-17-8-6-13(7-9-17)10-12-4-2-1-3-5-12;1-2-4-11(5-3-1)10-12-6-8-13-9-7-12;1-2-4-8-5-3-6-9(7-11)10(8)12;1-2-7-4(6)3-5;2-1-4-3;1-2;/h2-6,8-11,21,29H,1,7,12-19H2,(H,26,28);3-7,15H,2,8-13H2,1H3;1-5,13H,6-11,15H2,(H,16,18);1-5,12-13H,6-10H2;2-3,5-7,12H,1,4H2;2-3H2,1H3;1,3H;1-2H2;/q;;;;;;;;+1/p-1. The molecule has 4 saturated heterocycles. The van der Waals surface area contributed by atoms with Crippen molar-refractivity contribution in [3.05, 3.63) is 228 Å². The summed E-state index contributed by atoms with van der Waals surface area (Å²) in [6.45, 7) is 21.8. The van der Waals surface area contributed by atoms with E-state index in [2.05, 4.69) is 187 Å². The van der Waals surface area contributed by atoms with Gasteiger partial charge in [-0.1, -0.05) is 164 Å². The van der Waals surface area contributed by atoms with Crippen molar-refractivity contribution < 1.29 is 88.2 Å². The second-order valence-electron chi connectivity index (χ2n) is 25.6. The van der Waals surface area contributed by atoms with Crippen LogP contribution in [0.5, 0.6) is 11.5 Å². The number of aromatic hydroxyl groups is 2. The predicted octanol–water partition coefficient (Wildman–Crippen LogP) is 6.38. The molecule has 0 bridgehead atoms. The molecular formula is C82H115ClN9NaO12. The van der Waals surface area contributed by atoms with E-state index in [9.17, 15) is 34.2 Å². The number of ether oxygens (including phenoxy) is 2. The fourth-order valence-corrected chi connectivity index (χ4v) is 12.6. The van der Waals surface area contributed by atoms with Gasteiger partial charge in [0.05, 0.1) is 38.4 Å².